The highest BCUT2D eigenvalue weighted by molar-refractivity contribution is 5.75. The van der Waals surface area contributed by atoms with Crippen molar-refractivity contribution in [3.05, 3.63) is 64.3 Å². The second-order valence-corrected chi connectivity index (χ2v) is 9.15. The molecule has 1 saturated carbocycles. The Labute approximate surface area is 185 Å². The first kappa shape index (κ1) is 20.3. The Bertz CT molecular complexity index is 1260. The fourth-order valence-corrected chi connectivity index (χ4v) is 5.37. The molecule has 8 nitrogen and oxygen atoms in total. The minimum absolute atomic E-state index is 0.00301. The van der Waals surface area contributed by atoms with Gasteiger partial charge in [0, 0.05) is 18.2 Å². The standard InChI is InChI=1S/C24H25N5O3/c1-24(2)21(15-6-4-3-5-7-15)29(23(31)32-24)18-10-8-17(9-11-18)28-20-12-16(13-25)26-14-19(20)27-22(28)30/h3-7,12,14,17-18,21H,8-11H2,1-2H3,(H,27,30)/t17?,18?,21-/m0/s1. The lowest BCUT2D eigenvalue weighted by molar-refractivity contribution is 0.0662. The van der Waals surface area contributed by atoms with Crippen molar-refractivity contribution >= 4 is 17.1 Å². The van der Waals surface area contributed by atoms with Gasteiger partial charge in [0.2, 0.25) is 0 Å². The van der Waals surface area contributed by atoms with E-state index in [1.54, 1.807) is 10.6 Å². The molecule has 5 rings (SSSR count). The van der Waals surface area contributed by atoms with Crippen molar-refractivity contribution < 1.29 is 9.53 Å². The molecule has 32 heavy (non-hydrogen) atoms. The number of hydrogen-bond acceptors (Lipinski definition) is 5. The third-order valence-electron chi connectivity index (χ3n) is 6.75. The summed E-state index contributed by atoms with van der Waals surface area (Å²) in [6, 6.07) is 13.6. The number of carbonyl (C=O) groups excluding carboxylic acids is 1. The Kier molecular flexibility index (Phi) is 4.77. The van der Waals surface area contributed by atoms with Gasteiger partial charge in [-0.3, -0.25) is 9.47 Å². The number of nitriles is 1. The molecular weight excluding hydrogens is 406 g/mol. The van der Waals surface area contributed by atoms with E-state index < -0.39 is 5.60 Å². The first-order valence-electron chi connectivity index (χ1n) is 11.0. The highest BCUT2D eigenvalue weighted by Gasteiger charge is 2.51. The highest BCUT2D eigenvalue weighted by Crippen LogP contribution is 2.45. The van der Waals surface area contributed by atoms with Crippen LogP contribution in [0.5, 0.6) is 0 Å². The zero-order valence-electron chi connectivity index (χ0n) is 18.1. The number of imidazole rings is 1. The minimum Gasteiger partial charge on any atom is -0.441 e. The minimum atomic E-state index is -0.621. The predicted octanol–water partition coefficient (Wildman–Crippen LogP) is 4.05. The second kappa shape index (κ2) is 7.52. The third kappa shape index (κ3) is 3.25. The predicted molar refractivity (Wildman–Crippen MR) is 118 cm³/mol. The third-order valence-corrected chi connectivity index (χ3v) is 6.75. The number of benzene rings is 1. The molecule has 1 aromatic carbocycles. The Hall–Kier alpha value is -3.60. The number of fused-ring (bicyclic) bond motifs is 1. The molecule has 1 N–H and O–H groups in total. The smallest absolute Gasteiger partial charge is 0.411 e. The molecule has 1 amide bonds. The molecule has 2 aromatic heterocycles. The molecule has 3 aromatic rings. The first-order chi connectivity index (χ1) is 15.4. The van der Waals surface area contributed by atoms with Crippen molar-refractivity contribution in [2.75, 3.05) is 0 Å². The molecule has 1 atom stereocenters. The summed E-state index contributed by atoms with van der Waals surface area (Å²) in [6.07, 6.45) is 4.31. The van der Waals surface area contributed by atoms with Gasteiger partial charge in [0.05, 0.1) is 23.3 Å². The van der Waals surface area contributed by atoms with Crippen LogP contribution in [0.4, 0.5) is 4.79 Å². The van der Waals surface area contributed by atoms with Gasteiger partial charge < -0.3 is 9.72 Å². The van der Waals surface area contributed by atoms with Crippen molar-refractivity contribution in [3.8, 4) is 6.07 Å². The number of rotatable bonds is 3. The number of H-pyrrole nitrogens is 1. The Morgan fingerprint density at radius 3 is 2.50 bits per heavy atom. The maximum Gasteiger partial charge on any atom is 0.411 e. The van der Waals surface area contributed by atoms with Crippen LogP contribution >= 0.6 is 0 Å². The summed E-state index contributed by atoms with van der Waals surface area (Å²) < 4.78 is 7.52. The van der Waals surface area contributed by atoms with Gasteiger partial charge in [0.15, 0.2) is 0 Å². The van der Waals surface area contributed by atoms with Crippen LogP contribution in [0.3, 0.4) is 0 Å². The molecule has 0 bridgehead atoms. The normalized spacial score (nSPS) is 25.0. The van der Waals surface area contributed by atoms with Gasteiger partial charge in [0.1, 0.15) is 17.4 Å². The molecule has 0 radical (unpaired) electrons. The maximum absolute atomic E-state index is 12.9. The number of pyridine rings is 1. The maximum atomic E-state index is 12.9. The molecule has 1 aliphatic carbocycles. The fraction of sp³-hybridized carbons (Fsp3) is 0.417. The van der Waals surface area contributed by atoms with Crippen molar-refractivity contribution in [2.24, 2.45) is 0 Å². The lowest BCUT2D eigenvalue weighted by atomic mass is 9.86. The van der Waals surface area contributed by atoms with Crippen molar-refractivity contribution in [1.82, 2.24) is 19.4 Å². The summed E-state index contributed by atoms with van der Waals surface area (Å²) in [5.74, 6) is 0. The van der Waals surface area contributed by atoms with E-state index in [0.29, 0.717) is 11.0 Å². The molecule has 2 aliphatic rings. The van der Waals surface area contributed by atoms with E-state index in [9.17, 15) is 14.9 Å². The van der Waals surface area contributed by atoms with E-state index in [2.05, 4.69) is 9.97 Å². The number of nitrogens with zero attached hydrogens (tertiary/aromatic N) is 4. The van der Waals surface area contributed by atoms with Crippen LogP contribution in [0, 0.1) is 11.3 Å². The number of ether oxygens (including phenoxy) is 1. The summed E-state index contributed by atoms with van der Waals surface area (Å²) >= 11 is 0. The van der Waals surface area contributed by atoms with Crippen LogP contribution in [-0.4, -0.2) is 37.2 Å². The number of aromatic amines is 1. The van der Waals surface area contributed by atoms with Crippen molar-refractivity contribution in [3.63, 3.8) is 0 Å². The quantitative estimate of drug-likeness (QED) is 0.674. The van der Waals surface area contributed by atoms with Gasteiger partial charge in [-0.1, -0.05) is 30.3 Å². The number of amides is 1. The van der Waals surface area contributed by atoms with Gasteiger partial charge in [-0.2, -0.15) is 5.26 Å². The summed E-state index contributed by atoms with van der Waals surface area (Å²) in [6.45, 7) is 3.92. The van der Waals surface area contributed by atoms with Crippen LogP contribution in [0.1, 0.15) is 62.9 Å². The highest BCUT2D eigenvalue weighted by atomic mass is 16.6. The van der Waals surface area contributed by atoms with E-state index in [1.165, 1.54) is 6.20 Å². The first-order valence-corrected chi connectivity index (χ1v) is 11.0. The lowest BCUT2D eigenvalue weighted by Gasteiger charge is -2.38. The van der Waals surface area contributed by atoms with Gasteiger partial charge in [0.25, 0.3) is 0 Å². The van der Waals surface area contributed by atoms with Gasteiger partial charge >= 0.3 is 11.8 Å². The number of cyclic esters (lactones) is 1. The average molecular weight is 431 g/mol. The molecule has 164 valence electrons. The van der Waals surface area contributed by atoms with Gasteiger partial charge in [-0.05, 0) is 45.1 Å². The summed E-state index contributed by atoms with van der Waals surface area (Å²) in [7, 11) is 0. The lowest BCUT2D eigenvalue weighted by Crippen LogP contribution is -2.43. The van der Waals surface area contributed by atoms with Crippen molar-refractivity contribution in [1.29, 1.82) is 5.26 Å². The van der Waals surface area contributed by atoms with Crippen LogP contribution in [0.15, 0.2) is 47.4 Å². The summed E-state index contributed by atoms with van der Waals surface area (Å²) in [5.41, 5.74) is 1.87. The Morgan fingerprint density at radius 2 is 1.81 bits per heavy atom. The average Bonchev–Trinajstić information content (AvgIpc) is 3.24. The van der Waals surface area contributed by atoms with Gasteiger partial charge in [-0.25, -0.2) is 14.6 Å². The van der Waals surface area contributed by atoms with Crippen LogP contribution in [-0.2, 0) is 4.74 Å². The van der Waals surface area contributed by atoms with E-state index in [1.807, 2.05) is 55.1 Å². The molecule has 2 fully saturated rings. The fourth-order valence-electron chi connectivity index (χ4n) is 5.37. The summed E-state index contributed by atoms with van der Waals surface area (Å²) in [4.78, 5) is 34.3. The van der Waals surface area contributed by atoms with Crippen molar-refractivity contribution in [2.45, 2.75) is 63.3 Å². The number of hydrogen-bond donors (Lipinski definition) is 1. The monoisotopic (exact) mass is 431 g/mol. The molecule has 0 spiro atoms. The molecule has 8 heteroatoms. The topological polar surface area (TPSA) is 104 Å². The zero-order valence-corrected chi connectivity index (χ0v) is 18.1. The van der Waals surface area contributed by atoms with E-state index in [-0.39, 0.29) is 35.6 Å². The molecule has 1 aliphatic heterocycles. The summed E-state index contributed by atoms with van der Waals surface area (Å²) in [5, 5.41) is 9.19. The number of aromatic nitrogens is 3. The van der Waals surface area contributed by atoms with E-state index in [0.717, 1.165) is 31.2 Å². The van der Waals surface area contributed by atoms with Gasteiger partial charge in [-0.15, -0.1) is 0 Å². The molecule has 1 saturated heterocycles. The zero-order chi connectivity index (χ0) is 22.5. The molecule has 0 unspecified atom stereocenters. The van der Waals surface area contributed by atoms with E-state index >= 15 is 0 Å². The molecular formula is C24H25N5O3. The van der Waals surface area contributed by atoms with E-state index in [4.69, 9.17) is 4.74 Å². The second-order valence-electron chi connectivity index (χ2n) is 9.15. The SMILES string of the molecule is CC1(C)OC(=O)N(C2CCC(n3c(=O)[nH]c4cnc(C#N)cc43)CC2)[C@H]1c1ccccc1. The Balaban J connectivity index is 1.41. The Morgan fingerprint density at radius 1 is 1.12 bits per heavy atom. The van der Waals surface area contributed by atoms with Crippen LogP contribution in [0.2, 0.25) is 0 Å². The number of nitrogens with one attached hydrogen (secondary N) is 1. The number of carbonyl (C=O) groups is 1. The van der Waals surface area contributed by atoms with Crippen LogP contribution in [0.25, 0.3) is 11.0 Å². The van der Waals surface area contributed by atoms with Crippen LogP contribution < -0.4 is 5.69 Å². The molecule has 3 heterocycles. The largest absolute Gasteiger partial charge is 0.441 e.